The van der Waals surface area contributed by atoms with Crippen molar-refractivity contribution in [2.45, 2.75) is 51.4 Å². The molecule has 1 atom stereocenters. The average molecular weight is 575 g/mol. The van der Waals surface area contributed by atoms with Gasteiger partial charge in [-0.25, -0.2) is 0 Å². The summed E-state index contributed by atoms with van der Waals surface area (Å²) in [6.45, 7) is 5.23. The van der Waals surface area contributed by atoms with Crippen molar-refractivity contribution in [2.24, 2.45) is 5.92 Å². The molecule has 0 aliphatic carbocycles. The van der Waals surface area contributed by atoms with Crippen LogP contribution < -0.4 is 9.47 Å². The number of benzene rings is 1. The molecular formula is C28H45Cl2N3O5. The van der Waals surface area contributed by atoms with Gasteiger partial charge in [0.15, 0.2) is 11.5 Å². The van der Waals surface area contributed by atoms with Gasteiger partial charge in [0, 0.05) is 32.0 Å². The third-order valence-electron chi connectivity index (χ3n) is 7.36. The van der Waals surface area contributed by atoms with Gasteiger partial charge in [-0.15, -0.1) is 24.8 Å². The van der Waals surface area contributed by atoms with E-state index in [9.17, 15) is 4.79 Å². The molecule has 8 nitrogen and oxygen atoms in total. The van der Waals surface area contributed by atoms with Crippen LogP contribution in [0.25, 0.3) is 0 Å². The van der Waals surface area contributed by atoms with Crippen LogP contribution in [0, 0.1) is 5.92 Å². The Labute approximate surface area is 239 Å². The van der Waals surface area contributed by atoms with E-state index < -0.39 is 0 Å². The fourth-order valence-electron chi connectivity index (χ4n) is 5.47. The van der Waals surface area contributed by atoms with Crippen LogP contribution in [-0.4, -0.2) is 78.6 Å². The third-order valence-corrected chi connectivity index (χ3v) is 7.36. The number of aryl methyl sites for hydroxylation is 1. The Morgan fingerprint density at radius 1 is 1.00 bits per heavy atom. The lowest BCUT2D eigenvalue weighted by molar-refractivity contribution is -0.130. The summed E-state index contributed by atoms with van der Waals surface area (Å²) in [5.74, 6) is 2.42. The van der Waals surface area contributed by atoms with Crippen molar-refractivity contribution >= 4 is 30.7 Å². The number of piperidine rings is 1. The first-order valence-electron chi connectivity index (χ1n) is 12.8. The number of likely N-dealkylation sites (tertiary alicyclic amines) is 1. The number of aromatic nitrogens is 1. The Kier molecular flexibility index (Phi) is 17.2. The smallest absolute Gasteiger partial charge is 0.227 e. The van der Waals surface area contributed by atoms with E-state index in [4.69, 9.17) is 9.47 Å². The standard InChI is InChI=1S/C28H39N3O3.2ClH.2H2O/c1-33-26-17-24-11-16-31(28(32)19-25(24)18-27(26)34-2)15-6-10-23-9-5-14-30(21-23)13-4-8-22-7-3-12-29-20-22;;;;/h3,7,12,17-18,20,23H,4-6,8-11,13-16,19,21H2,1-2H3;2*1H;2*1H2. The Morgan fingerprint density at radius 3 is 2.42 bits per heavy atom. The molecule has 0 spiro atoms. The maximum absolute atomic E-state index is 12.9. The number of rotatable bonds is 10. The predicted octanol–water partition coefficient (Wildman–Crippen LogP) is 3.35. The highest BCUT2D eigenvalue weighted by atomic mass is 35.5. The zero-order valence-electron chi connectivity index (χ0n) is 22.6. The molecule has 2 aromatic rings. The molecule has 3 heterocycles. The predicted molar refractivity (Wildman–Crippen MR) is 156 cm³/mol. The van der Waals surface area contributed by atoms with Gasteiger partial charge >= 0.3 is 0 Å². The van der Waals surface area contributed by atoms with Crippen LogP contribution in [0.1, 0.15) is 48.8 Å². The largest absolute Gasteiger partial charge is 0.493 e. The van der Waals surface area contributed by atoms with E-state index in [0.717, 1.165) is 49.6 Å². The molecule has 4 rings (SSSR count). The molecule has 4 N–H and O–H groups in total. The van der Waals surface area contributed by atoms with Crippen LogP contribution in [0.4, 0.5) is 0 Å². The van der Waals surface area contributed by atoms with E-state index in [-0.39, 0.29) is 41.7 Å². The van der Waals surface area contributed by atoms with E-state index in [2.05, 4.69) is 20.9 Å². The van der Waals surface area contributed by atoms with Crippen molar-refractivity contribution in [1.82, 2.24) is 14.8 Å². The van der Waals surface area contributed by atoms with Crippen molar-refractivity contribution in [3.05, 3.63) is 53.3 Å². The molecule has 38 heavy (non-hydrogen) atoms. The number of hydrogen-bond acceptors (Lipinski definition) is 5. The number of hydrogen-bond donors (Lipinski definition) is 0. The molecule has 0 bridgehead atoms. The van der Waals surface area contributed by atoms with Gasteiger partial charge in [0.1, 0.15) is 0 Å². The number of halogens is 2. The maximum atomic E-state index is 12.9. The second-order valence-electron chi connectivity index (χ2n) is 9.70. The van der Waals surface area contributed by atoms with Crippen molar-refractivity contribution in [3.8, 4) is 11.5 Å². The molecule has 1 amide bonds. The summed E-state index contributed by atoms with van der Waals surface area (Å²) in [7, 11) is 3.30. The van der Waals surface area contributed by atoms with Crippen molar-refractivity contribution in [3.63, 3.8) is 0 Å². The summed E-state index contributed by atoms with van der Waals surface area (Å²) in [4.78, 5) is 21.9. The molecular weight excluding hydrogens is 529 g/mol. The number of amides is 1. The fraction of sp³-hybridized carbons (Fsp3) is 0.571. The highest BCUT2D eigenvalue weighted by Crippen LogP contribution is 2.32. The van der Waals surface area contributed by atoms with Crippen LogP contribution in [0.2, 0.25) is 0 Å². The molecule has 0 saturated carbocycles. The first-order chi connectivity index (χ1) is 16.7. The van der Waals surface area contributed by atoms with E-state index in [1.165, 1.54) is 56.4 Å². The Balaban J connectivity index is 0.00000342. The van der Waals surface area contributed by atoms with Crippen molar-refractivity contribution in [1.29, 1.82) is 0 Å². The summed E-state index contributed by atoms with van der Waals surface area (Å²) in [5.41, 5.74) is 3.60. The van der Waals surface area contributed by atoms with Gasteiger partial charge in [0.2, 0.25) is 5.91 Å². The molecule has 2 aliphatic rings. The number of ether oxygens (including phenoxy) is 2. The van der Waals surface area contributed by atoms with Crippen molar-refractivity contribution in [2.75, 3.05) is 46.9 Å². The van der Waals surface area contributed by atoms with Gasteiger partial charge in [0.05, 0.1) is 20.6 Å². The Hall–Kier alpha value is -2.10. The summed E-state index contributed by atoms with van der Waals surface area (Å²) in [6.07, 6.45) is 12.3. The van der Waals surface area contributed by atoms with E-state index >= 15 is 0 Å². The number of carbonyl (C=O) groups excluding carboxylic acids is 1. The molecule has 1 fully saturated rings. The molecule has 1 aromatic carbocycles. The average Bonchev–Trinajstić information content (AvgIpc) is 3.02. The second kappa shape index (κ2) is 18.2. The molecule has 10 heteroatoms. The zero-order valence-corrected chi connectivity index (χ0v) is 24.2. The maximum Gasteiger partial charge on any atom is 0.227 e. The van der Waals surface area contributed by atoms with E-state index in [1.54, 1.807) is 14.2 Å². The lowest BCUT2D eigenvalue weighted by Crippen LogP contribution is -2.37. The highest BCUT2D eigenvalue weighted by molar-refractivity contribution is 5.85. The summed E-state index contributed by atoms with van der Waals surface area (Å²) < 4.78 is 10.9. The van der Waals surface area contributed by atoms with Gasteiger partial charge in [-0.1, -0.05) is 6.07 Å². The second-order valence-corrected chi connectivity index (χ2v) is 9.70. The van der Waals surface area contributed by atoms with Gasteiger partial charge in [-0.3, -0.25) is 9.78 Å². The quantitative estimate of drug-likeness (QED) is 0.431. The lowest BCUT2D eigenvalue weighted by atomic mass is 9.93. The number of methoxy groups -OCH3 is 2. The minimum Gasteiger partial charge on any atom is -0.493 e. The van der Waals surface area contributed by atoms with Gasteiger partial charge in [0.25, 0.3) is 0 Å². The summed E-state index contributed by atoms with van der Waals surface area (Å²) in [5, 5.41) is 0. The van der Waals surface area contributed by atoms with Gasteiger partial charge in [-0.2, -0.15) is 0 Å². The lowest BCUT2D eigenvalue weighted by Gasteiger charge is -2.33. The van der Waals surface area contributed by atoms with Crippen LogP contribution in [-0.2, 0) is 24.1 Å². The molecule has 216 valence electrons. The fourth-order valence-corrected chi connectivity index (χ4v) is 5.47. The number of fused-ring (bicyclic) bond motifs is 1. The first-order valence-corrected chi connectivity index (χ1v) is 12.8. The minimum atomic E-state index is 0. The summed E-state index contributed by atoms with van der Waals surface area (Å²) in [6, 6.07) is 8.20. The van der Waals surface area contributed by atoms with E-state index in [1.807, 2.05) is 30.6 Å². The SMILES string of the molecule is COc1cc2c(cc1OC)CC(=O)N(CCCC1CCCN(CCCc3cccnc3)C1)CC2.Cl.Cl.O.O. The van der Waals surface area contributed by atoms with Crippen LogP contribution in [0.3, 0.4) is 0 Å². The molecule has 1 saturated heterocycles. The minimum absolute atomic E-state index is 0. The van der Waals surface area contributed by atoms with Crippen LogP contribution in [0.5, 0.6) is 11.5 Å². The number of pyridine rings is 1. The molecule has 1 unspecified atom stereocenters. The monoisotopic (exact) mass is 573 g/mol. The molecule has 1 aromatic heterocycles. The van der Waals surface area contributed by atoms with Gasteiger partial charge in [-0.05, 0) is 98.8 Å². The third kappa shape index (κ3) is 9.89. The van der Waals surface area contributed by atoms with Crippen LogP contribution >= 0.6 is 24.8 Å². The van der Waals surface area contributed by atoms with Crippen molar-refractivity contribution < 1.29 is 25.2 Å². The summed E-state index contributed by atoms with van der Waals surface area (Å²) >= 11 is 0. The first kappa shape index (κ1) is 35.9. The molecule has 2 aliphatic heterocycles. The highest BCUT2D eigenvalue weighted by Gasteiger charge is 2.24. The number of nitrogens with zero attached hydrogens (tertiary/aromatic N) is 3. The van der Waals surface area contributed by atoms with E-state index in [0.29, 0.717) is 12.2 Å². The Morgan fingerprint density at radius 2 is 1.74 bits per heavy atom. The number of carbonyl (C=O) groups is 1. The van der Waals surface area contributed by atoms with Crippen LogP contribution in [0.15, 0.2) is 36.7 Å². The normalized spacial score (nSPS) is 16.9. The van der Waals surface area contributed by atoms with Gasteiger partial charge < -0.3 is 30.2 Å². The Bertz CT molecular complexity index is 952. The zero-order chi connectivity index (χ0) is 23.8. The topological polar surface area (TPSA) is 118 Å². The molecule has 0 radical (unpaired) electrons.